The summed E-state index contributed by atoms with van der Waals surface area (Å²) in [6, 6.07) is 10.4. The van der Waals surface area contributed by atoms with Crippen LogP contribution >= 0.6 is 0 Å². The minimum absolute atomic E-state index is 0.398. The number of nitrogens with one attached hydrogen (secondary N) is 1. The molecule has 0 aromatic heterocycles. The van der Waals surface area contributed by atoms with E-state index in [2.05, 4.69) is 50.4 Å². The summed E-state index contributed by atoms with van der Waals surface area (Å²) in [6.07, 6.45) is 12.2. The molecule has 0 amide bonds. The van der Waals surface area contributed by atoms with Crippen molar-refractivity contribution in [3.8, 4) is 0 Å². The molecule has 0 atom stereocenters. The molecule has 0 saturated heterocycles. The van der Waals surface area contributed by atoms with Crippen molar-refractivity contribution in [3.63, 3.8) is 0 Å². The predicted octanol–water partition coefficient (Wildman–Crippen LogP) is 6.79. The number of anilines is 1. The molecular formula is C23H41NO2. The fourth-order valence-electron chi connectivity index (χ4n) is 3.48. The van der Waals surface area contributed by atoms with E-state index in [-0.39, 0.29) is 0 Å². The summed E-state index contributed by atoms with van der Waals surface area (Å²) >= 11 is 0. The van der Waals surface area contributed by atoms with Crippen LogP contribution < -0.4 is 5.32 Å². The minimum atomic E-state index is -0.398. The van der Waals surface area contributed by atoms with Gasteiger partial charge in [-0.2, -0.15) is 0 Å². The van der Waals surface area contributed by atoms with Gasteiger partial charge in [0.2, 0.25) is 0 Å². The van der Waals surface area contributed by atoms with Crippen LogP contribution in [0.15, 0.2) is 30.3 Å². The molecule has 0 fully saturated rings. The van der Waals surface area contributed by atoms with Crippen LogP contribution in [0.4, 0.5) is 5.69 Å². The van der Waals surface area contributed by atoms with Crippen molar-refractivity contribution in [2.45, 2.75) is 90.8 Å². The Bertz CT molecular complexity index is 415. The lowest BCUT2D eigenvalue weighted by atomic mass is 10.0. The molecule has 0 radical (unpaired) electrons. The second-order valence-corrected chi connectivity index (χ2v) is 7.04. The number of para-hydroxylation sites is 1. The van der Waals surface area contributed by atoms with Crippen molar-refractivity contribution in [1.29, 1.82) is 0 Å². The quantitative estimate of drug-likeness (QED) is 0.244. The van der Waals surface area contributed by atoms with Gasteiger partial charge in [0, 0.05) is 38.3 Å². The maximum Gasteiger partial charge on any atom is 0.168 e. The Morgan fingerprint density at radius 2 is 1.31 bits per heavy atom. The van der Waals surface area contributed by atoms with Crippen LogP contribution in [0, 0.1) is 0 Å². The van der Waals surface area contributed by atoms with Gasteiger partial charge in [-0.3, -0.25) is 0 Å². The summed E-state index contributed by atoms with van der Waals surface area (Å²) in [5.41, 5.74) is 1.18. The number of hydrogen-bond acceptors (Lipinski definition) is 3. The first-order valence-electron chi connectivity index (χ1n) is 10.8. The third-order valence-corrected chi connectivity index (χ3v) is 4.81. The average Bonchev–Trinajstić information content (AvgIpc) is 2.66. The zero-order valence-corrected chi connectivity index (χ0v) is 17.4. The van der Waals surface area contributed by atoms with Gasteiger partial charge in [0.15, 0.2) is 5.79 Å². The summed E-state index contributed by atoms with van der Waals surface area (Å²) in [5, 5.41) is 3.49. The molecular weight excluding hydrogens is 322 g/mol. The zero-order valence-electron chi connectivity index (χ0n) is 17.4. The van der Waals surface area contributed by atoms with Crippen LogP contribution in [0.5, 0.6) is 0 Å². The number of hydrogen-bond donors (Lipinski definition) is 1. The van der Waals surface area contributed by atoms with Gasteiger partial charge in [0.1, 0.15) is 0 Å². The van der Waals surface area contributed by atoms with Crippen LogP contribution in [0.1, 0.15) is 85.0 Å². The lowest BCUT2D eigenvalue weighted by molar-refractivity contribution is -0.241. The molecule has 0 aliphatic rings. The lowest BCUT2D eigenvalue weighted by Gasteiger charge is -2.33. The smallest absolute Gasteiger partial charge is 0.168 e. The lowest BCUT2D eigenvalue weighted by Crippen LogP contribution is -2.37. The Morgan fingerprint density at radius 1 is 0.731 bits per heavy atom. The molecule has 150 valence electrons. The van der Waals surface area contributed by atoms with Gasteiger partial charge in [0.05, 0.1) is 0 Å². The highest BCUT2D eigenvalue weighted by Crippen LogP contribution is 2.28. The number of rotatable bonds is 17. The molecule has 0 unspecified atom stereocenters. The molecule has 0 aliphatic carbocycles. The number of benzene rings is 1. The molecule has 0 saturated carbocycles. The molecule has 1 rings (SSSR count). The SMILES string of the molecule is CCCCCCCCCC(CCCNc1ccccc1)(OCC)OCC. The minimum Gasteiger partial charge on any atom is -0.385 e. The first kappa shape index (κ1) is 23.0. The molecule has 3 nitrogen and oxygen atoms in total. The third-order valence-electron chi connectivity index (χ3n) is 4.81. The third kappa shape index (κ3) is 10.2. The predicted molar refractivity (Wildman–Crippen MR) is 113 cm³/mol. The molecule has 26 heavy (non-hydrogen) atoms. The Morgan fingerprint density at radius 3 is 1.92 bits per heavy atom. The summed E-state index contributed by atoms with van der Waals surface area (Å²) in [6.45, 7) is 8.78. The molecule has 0 heterocycles. The van der Waals surface area contributed by atoms with E-state index in [1.807, 2.05) is 6.07 Å². The van der Waals surface area contributed by atoms with Crippen molar-refractivity contribution in [2.24, 2.45) is 0 Å². The Hall–Kier alpha value is -1.06. The highest BCUT2D eigenvalue weighted by atomic mass is 16.7. The molecule has 0 aliphatic heterocycles. The van der Waals surface area contributed by atoms with E-state index in [1.165, 1.54) is 50.6 Å². The second kappa shape index (κ2) is 15.0. The van der Waals surface area contributed by atoms with Crippen molar-refractivity contribution in [2.75, 3.05) is 25.1 Å². The average molecular weight is 364 g/mol. The van der Waals surface area contributed by atoms with Gasteiger partial charge in [-0.05, 0) is 38.8 Å². The molecule has 1 N–H and O–H groups in total. The monoisotopic (exact) mass is 363 g/mol. The van der Waals surface area contributed by atoms with Gasteiger partial charge in [-0.25, -0.2) is 0 Å². The van der Waals surface area contributed by atoms with E-state index < -0.39 is 5.79 Å². The highest BCUT2D eigenvalue weighted by Gasteiger charge is 2.30. The van der Waals surface area contributed by atoms with E-state index in [0.717, 1.165) is 25.8 Å². The largest absolute Gasteiger partial charge is 0.385 e. The van der Waals surface area contributed by atoms with Gasteiger partial charge < -0.3 is 14.8 Å². The van der Waals surface area contributed by atoms with Crippen molar-refractivity contribution in [1.82, 2.24) is 0 Å². The zero-order chi connectivity index (χ0) is 18.9. The van der Waals surface area contributed by atoms with Gasteiger partial charge in [0.25, 0.3) is 0 Å². The van der Waals surface area contributed by atoms with Gasteiger partial charge in [-0.1, -0.05) is 63.6 Å². The van der Waals surface area contributed by atoms with E-state index >= 15 is 0 Å². The first-order chi connectivity index (χ1) is 12.8. The number of ether oxygens (including phenoxy) is 2. The van der Waals surface area contributed by atoms with E-state index in [4.69, 9.17) is 9.47 Å². The number of unbranched alkanes of at least 4 members (excludes halogenated alkanes) is 6. The summed E-state index contributed by atoms with van der Waals surface area (Å²) in [7, 11) is 0. The highest BCUT2D eigenvalue weighted by molar-refractivity contribution is 5.42. The molecule has 3 heteroatoms. The van der Waals surface area contributed by atoms with E-state index in [0.29, 0.717) is 13.2 Å². The van der Waals surface area contributed by atoms with Gasteiger partial charge in [-0.15, -0.1) is 0 Å². The van der Waals surface area contributed by atoms with Crippen LogP contribution in [-0.2, 0) is 9.47 Å². The summed E-state index contributed by atoms with van der Waals surface area (Å²) < 4.78 is 12.2. The fraction of sp³-hybridized carbons (Fsp3) is 0.739. The van der Waals surface area contributed by atoms with E-state index in [1.54, 1.807) is 0 Å². The van der Waals surface area contributed by atoms with Gasteiger partial charge >= 0.3 is 0 Å². The van der Waals surface area contributed by atoms with Crippen molar-refractivity contribution in [3.05, 3.63) is 30.3 Å². The summed E-state index contributed by atoms with van der Waals surface area (Å²) in [4.78, 5) is 0. The molecule has 0 bridgehead atoms. The molecule has 1 aromatic rings. The normalized spacial score (nSPS) is 11.7. The second-order valence-electron chi connectivity index (χ2n) is 7.04. The standard InChI is InChI=1S/C23H41NO2/c1-4-7-8-9-10-11-15-19-23(25-5-2,26-6-3)20-16-21-24-22-17-13-12-14-18-22/h12-14,17-18,24H,4-11,15-16,19-21H2,1-3H3. The van der Waals surface area contributed by atoms with Crippen LogP contribution in [-0.4, -0.2) is 25.5 Å². The summed E-state index contributed by atoms with van der Waals surface area (Å²) in [5.74, 6) is -0.398. The first-order valence-corrected chi connectivity index (χ1v) is 10.8. The molecule has 1 aromatic carbocycles. The Labute approximate surface area is 161 Å². The van der Waals surface area contributed by atoms with Crippen LogP contribution in [0.2, 0.25) is 0 Å². The Balaban J connectivity index is 2.35. The topological polar surface area (TPSA) is 30.5 Å². The molecule has 0 spiro atoms. The van der Waals surface area contributed by atoms with E-state index in [9.17, 15) is 0 Å². The van der Waals surface area contributed by atoms with Crippen molar-refractivity contribution >= 4 is 5.69 Å². The fourth-order valence-corrected chi connectivity index (χ4v) is 3.48. The maximum absolute atomic E-state index is 6.12. The Kier molecular flexibility index (Phi) is 13.3. The van der Waals surface area contributed by atoms with Crippen molar-refractivity contribution < 1.29 is 9.47 Å². The van der Waals surface area contributed by atoms with Crippen LogP contribution in [0.25, 0.3) is 0 Å². The van der Waals surface area contributed by atoms with Crippen LogP contribution in [0.3, 0.4) is 0 Å². The maximum atomic E-state index is 6.12.